The molecule has 0 bridgehead atoms. The molecule has 0 N–H and O–H groups in total. The summed E-state index contributed by atoms with van der Waals surface area (Å²) in [5, 5.41) is 0.674. The number of likely N-dealkylation sites (tertiary alicyclic amines) is 1. The van der Waals surface area contributed by atoms with E-state index in [2.05, 4.69) is 21.9 Å². The Bertz CT molecular complexity index is 1110. The van der Waals surface area contributed by atoms with Gasteiger partial charge in [0.25, 0.3) is 0 Å². The summed E-state index contributed by atoms with van der Waals surface area (Å²) in [7, 11) is 2.12. The maximum absolute atomic E-state index is 13.4. The number of nitrogens with zero attached hydrogens (tertiary/aromatic N) is 5. The van der Waals surface area contributed by atoms with Gasteiger partial charge in [-0.25, -0.2) is 4.98 Å². The quantitative estimate of drug-likeness (QED) is 0.589. The number of carbonyl (C=O) groups is 1. The number of benzene rings is 1. The zero-order valence-corrected chi connectivity index (χ0v) is 19.5. The first-order chi connectivity index (χ1) is 16.0. The van der Waals surface area contributed by atoms with Gasteiger partial charge in [0.05, 0.1) is 36.5 Å². The number of imidazole rings is 1. The van der Waals surface area contributed by atoms with Crippen LogP contribution in [0.1, 0.15) is 12.8 Å². The van der Waals surface area contributed by atoms with Gasteiger partial charge in [-0.1, -0.05) is 23.7 Å². The molecule has 7 nitrogen and oxygen atoms in total. The molecular formula is C25H28ClN5O2. The lowest BCUT2D eigenvalue weighted by molar-refractivity contribution is -0.155. The minimum Gasteiger partial charge on any atom is -0.370 e. The van der Waals surface area contributed by atoms with Crippen molar-refractivity contribution in [2.45, 2.75) is 25.0 Å². The van der Waals surface area contributed by atoms with Crippen LogP contribution in [-0.4, -0.2) is 75.7 Å². The molecule has 2 fully saturated rings. The van der Waals surface area contributed by atoms with Crippen LogP contribution in [0.2, 0.25) is 5.02 Å². The lowest BCUT2D eigenvalue weighted by Crippen LogP contribution is -2.60. The van der Waals surface area contributed by atoms with Crippen molar-refractivity contribution in [2.75, 3.05) is 39.8 Å². The summed E-state index contributed by atoms with van der Waals surface area (Å²) in [6.07, 6.45) is 7.21. The van der Waals surface area contributed by atoms with E-state index in [1.54, 1.807) is 18.7 Å². The van der Waals surface area contributed by atoms with Crippen molar-refractivity contribution in [1.82, 2.24) is 24.3 Å². The fourth-order valence-corrected chi connectivity index (χ4v) is 5.10. The van der Waals surface area contributed by atoms with Crippen molar-refractivity contribution in [3.63, 3.8) is 0 Å². The molecule has 1 spiro atoms. The molecule has 3 aromatic rings. The van der Waals surface area contributed by atoms with E-state index in [0.29, 0.717) is 11.6 Å². The second-order valence-corrected chi connectivity index (χ2v) is 9.44. The Kier molecular flexibility index (Phi) is 6.19. The first-order valence-electron chi connectivity index (χ1n) is 11.3. The zero-order chi connectivity index (χ0) is 22.8. The molecular weight excluding hydrogens is 438 g/mol. The highest BCUT2D eigenvalue weighted by molar-refractivity contribution is 6.30. The number of rotatable bonds is 4. The van der Waals surface area contributed by atoms with Gasteiger partial charge in [0, 0.05) is 48.2 Å². The van der Waals surface area contributed by atoms with E-state index in [-0.39, 0.29) is 18.1 Å². The number of carbonyl (C=O) groups excluding carboxylic acids is 1. The van der Waals surface area contributed by atoms with Crippen LogP contribution in [0.3, 0.4) is 0 Å². The van der Waals surface area contributed by atoms with Crippen LogP contribution in [-0.2, 0) is 16.1 Å². The summed E-state index contributed by atoms with van der Waals surface area (Å²) in [6.45, 7) is 4.15. The Morgan fingerprint density at radius 1 is 1.09 bits per heavy atom. The van der Waals surface area contributed by atoms with E-state index in [1.807, 2.05) is 45.9 Å². The molecule has 1 amide bonds. The number of ether oxygens (including phenoxy) is 1. The van der Waals surface area contributed by atoms with Crippen molar-refractivity contribution in [2.24, 2.45) is 0 Å². The summed E-state index contributed by atoms with van der Waals surface area (Å²) >= 11 is 6.09. The number of aromatic nitrogens is 3. The molecule has 0 radical (unpaired) electrons. The Morgan fingerprint density at radius 3 is 2.64 bits per heavy atom. The van der Waals surface area contributed by atoms with E-state index in [0.717, 1.165) is 61.6 Å². The van der Waals surface area contributed by atoms with Crippen LogP contribution in [0.25, 0.3) is 22.5 Å². The van der Waals surface area contributed by atoms with E-state index in [4.69, 9.17) is 16.3 Å². The van der Waals surface area contributed by atoms with Crippen LogP contribution in [0.5, 0.6) is 0 Å². The molecule has 2 saturated heterocycles. The monoisotopic (exact) mass is 465 g/mol. The third-order valence-electron chi connectivity index (χ3n) is 6.55. The van der Waals surface area contributed by atoms with Gasteiger partial charge in [0.1, 0.15) is 6.54 Å². The van der Waals surface area contributed by atoms with Gasteiger partial charge in [-0.05, 0) is 44.2 Å². The fourth-order valence-electron chi connectivity index (χ4n) is 4.97. The fraction of sp³-hybridized carbons (Fsp3) is 0.400. The highest BCUT2D eigenvalue weighted by Gasteiger charge is 2.41. The van der Waals surface area contributed by atoms with Gasteiger partial charge in [-0.15, -0.1) is 0 Å². The van der Waals surface area contributed by atoms with E-state index in [1.165, 1.54) is 0 Å². The van der Waals surface area contributed by atoms with Crippen molar-refractivity contribution in [3.05, 3.63) is 60.1 Å². The van der Waals surface area contributed by atoms with Crippen molar-refractivity contribution in [1.29, 1.82) is 0 Å². The molecule has 1 atom stereocenters. The lowest BCUT2D eigenvalue weighted by Gasteiger charge is -2.47. The molecule has 2 aromatic heterocycles. The molecule has 5 rings (SSSR count). The summed E-state index contributed by atoms with van der Waals surface area (Å²) in [5.41, 5.74) is 3.38. The molecule has 172 valence electrons. The largest absolute Gasteiger partial charge is 0.370 e. The third kappa shape index (κ3) is 4.67. The number of amides is 1. The summed E-state index contributed by atoms with van der Waals surface area (Å²) < 4.78 is 8.14. The number of hydrogen-bond acceptors (Lipinski definition) is 5. The molecule has 1 unspecified atom stereocenters. The first-order valence-corrected chi connectivity index (χ1v) is 11.7. The Morgan fingerprint density at radius 2 is 1.88 bits per heavy atom. The number of likely N-dealkylation sites (N-methyl/N-ethyl adjacent to an activating group) is 1. The number of pyridine rings is 1. The van der Waals surface area contributed by atoms with Crippen LogP contribution < -0.4 is 0 Å². The molecule has 0 aliphatic carbocycles. The van der Waals surface area contributed by atoms with Gasteiger partial charge in [-0.3, -0.25) is 9.78 Å². The van der Waals surface area contributed by atoms with Crippen LogP contribution in [0, 0.1) is 0 Å². The maximum Gasteiger partial charge on any atom is 0.242 e. The smallest absolute Gasteiger partial charge is 0.242 e. The second-order valence-electron chi connectivity index (χ2n) is 9.00. The molecule has 33 heavy (non-hydrogen) atoms. The number of halogens is 1. The number of piperidine rings is 1. The molecule has 2 aliphatic heterocycles. The molecule has 8 heteroatoms. The summed E-state index contributed by atoms with van der Waals surface area (Å²) in [4.78, 5) is 26.5. The molecule has 2 aliphatic rings. The second kappa shape index (κ2) is 9.25. The van der Waals surface area contributed by atoms with Crippen LogP contribution in [0.15, 0.2) is 55.1 Å². The van der Waals surface area contributed by atoms with E-state index >= 15 is 0 Å². The molecule has 1 aromatic carbocycles. The molecule has 0 saturated carbocycles. The maximum atomic E-state index is 13.4. The predicted octanol–water partition coefficient (Wildman–Crippen LogP) is 3.59. The van der Waals surface area contributed by atoms with Gasteiger partial charge < -0.3 is 19.1 Å². The Labute approximate surface area is 199 Å². The topological polar surface area (TPSA) is 63.5 Å². The predicted molar refractivity (Wildman–Crippen MR) is 128 cm³/mol. The average Bonchev–Trinajstić information content (AvgIpc) is 3.23. The number of hydrogen-bond donors (Lipinski definition) is 0. The van der Waals surface area contributed by atoms with Gasteiger partial charge in [-0.2, -0.15) is 0 Å². The highest BCUT2D eigenvalue weighted by Crippen LogP contribution is 2.33. The minimum atomic E-state index is -0.252. The summed E-state index contributed by atoms with van der Waals surface area (Å²) in [6, 6.07) is 11.5. The van der Waals surface area contributed by atoms with Gasteiger partial charge in [0.15, 0.2) is 0 Å². The highest BCUT2D eigenvalue weighted by atomic mass is 35.5. The Balaban J connectivity index is 1.42. The molecule has 4 heterocycles. The zero-order valence-electron chi connectivity index (χ0n) is 18.8. The van der Waals surface area contributed by atoms with E-state index in [9.17, 15) is 4.79 Å². The normalized spacial score (nSPS) is 21.5. The third-order valence-corrected chi connectivity index (χ3v) is 6.80. The standard InChI is InChI=1S/C25H28ClN5O2/c1-29-13-14-33-25(16-29)9-2-12-30(17-25)22(32)15-31-18-28-23(19-3-5-21(26)6-4-19)24(31)20-7-10-27-11-8-20/h3-8,10-11,18H,2,9,12-17H2,1H3. The van der Waals surface area contributed by atoms with Crippen molar-refractivity contribution < 1.29 is 9.53 Å². The van der Waals surface area contributed by atoms with Crippen molar-refractivity contribution in [3.8, 4) is 22.5 Å². The Hall–Kier alpha value is -2.74. The van der Waals surface area contributed by atoms with Crippen LogP contribution in [0.4, 0.5) is 0 Å². The SMILES string of the molecule is CN1CCOC2(CCCN(C(=O)Cn3cnc(-c4ccc(Cl)cc4)c3-c3ccncc3)C2)C1. The van der Waals surface area contributed by atoms with Crippen LogP contribution >= 0.6 is 11.6 Å². The lowest BCUT2D eigenvalue weighted by atomic mass is 9.91. The average molecular weight is 466 g/mol. The van der Waals surface area contributed by atoms with Gasteiger partial charge in [0.2, 0.25) is 5.91 Å². The van der Waals surface area contributed by atoms with E-state index < -0.39 is 0 Å². The van der Waals surface area contributed by atoms with Gasteiger partial charge >= 0.3 is 0 Å². The first kappa shape index (κ1) is 22.1. The van der Waals surface area contributed by atoms with Crippen molar-refractivity contribution >= 4 is 17.5 Å². The summed E-state index contributed by atoms with van der Waals surface area (Å²) in [5.74, 6) is 0.0845. The minimum absolute atomic E-state index is 0.0845. The number of morpholine rings is 1.